The number of aldehydes is 1. The average molecular weight is 839 g/mol. The second kappa shape index (κ2) is 17.7. The van der Waals surface area contributed by atoms with E-state index in [-0.39, 0.29) is 33.7 Å². The lowest BCUT2D eigenvalue weighted by molar-refractivity contribution is 0.111. The Kier molecular flexibility index (Phi) is 12.5. The van der Waals surface area contributed by atoms with Crippen LogP contribution in [0, 0.1) is 36.8 Å². The topological polar surface area (TPSA) is 168 Å². The summed E-state index contributed by atoms with van der Waals surface area (Å²) in [5.74, 6) is -0.813. The van der Waals surface area contributed by atoms with Crippen LogP contribution in [0.4, 0.5) is 17.6 Å². The Labute approximate surface area is 340 Å². The lowest BCUT2D eigenvalue weighted by Crippen LogP contribution is -2.12. The number of benzene rings is 3. The number of oxazole rings is 1. The van der Waals surface area contributed by atoms with Crippen LogP contribution < -0.4 is 0 Å². The predicted molar refractivity (Wildman–Crippen MR) is 210 cm³/mol. The number of carbonyl (C=O) groups excluding carboxylic acids is 1. The molecule has 0 spiro atoms. The molecule has 0 aliphatic carbocycles. The summed E-state index contributed by atoms with van der Waals surface area (Å²) in [5.41, 5.74) is 2.63. The van der Waals surface area contributed by atoms with Crippen LogP contribution in [0.1, 0.15) is 78.2 Å². The Morgan fingerprint density at radius 1 is 0.733 bits per heavy atom. The number of nitrogens with zero attached hydrogens (tertiary/aromatic N) is 10. The maximum atomic E-state index is 14.1. The van der Waals surface area contributed by atoms with Gasteiger partial charge >= 0.3 is 5.37 Å². The number of halogens is 4. The Hall–Kier alpha value is -7.20. The molecule has 0 saturated carbocycles. The van der Waals surface area contributed by atoms with Gasteiger partial charge in [0.15, 0.2) is 41.4 Å². The molecule has 14 nitrogen and oxygen atoms in total. The molecule has 60 heavy (non-hydrogen) atoms. The first kappa shape index (κ1) is 42.4. The molecule has 1 unspecified atom stereocenters. The van der Waals surface area contributed by atoms with Crippen molar-refractivity contribution in [1.82, 2.24) is 44.6 Å². The normalized spacial score (nSPS) is 11.8. The van der Waals surface area contributed by atoms with Crippen LogP contribution in [-0.4, -0.2) is 59.3 Å². The molecule has 8 aromatic rings. The van der Waals surface area contributed by atoms with Crippen LogP contribution in [0.2, 0.25) is 0 Å². The third-order valence-corrected chi connectivity index (χ3v) is 10.6. The summed E-state index contributed by atoms with van der Waals surface area (Å²) in [7, 11) is -4.12. The first-order valence-electron chi connectivity index (χ1n) is 18.0. The van der Waals surface area contributed by atoms with Crippen LogP contribution in [0.25, 0.3) is 38.9 Å². The van der Waals surface area contributed by atoms with E-state index in [9.17, 15) is 30.8 Å². The van der Waals surface area contributed by atoms with Gasteiger partial charge < -0.3 is 4.42 Å². The van der Waals surface area contributed by atoms with Crippen LogP contribution in [-0.2, 0) is 9.84 Å². The summed E-state index contributed by atoms with van der Waals surface area (Å²) in [6.07, 6.45) is 1.89. The highest BCUT2D eigenvalue weighted by atomic mass is 32.2. The smallest absolute Gasteiger partial charge is 0.353 e. The second-order valence-electron chi connectivity index (χ2n) is 13.7. The fourth-order valence-corrected chi connectivity index (χ4v) is 7.12. The zero-order valence-corrected chi connectivity index (χ0v) is 33.3. The first-order chi connectivity index (χ1) is 28.6. The van der Waals surface area contributed by atoms with Gasteiger partial charge in [-0.05, 0) is 79.7 Å². The Morgan fingerprint density at radius 3 is 1.92 bits per heavy atom. The molecule has 0 aliphatic rings. The summed E-state index contributed by atoms with van der Waals surface area (Å²) >= 11 is 0. The van der Waals surface area contributed by atoms with E-state index in [2.05, 4.69) is 40.4 Å². The lowest BCUT2D eigenvalue weighted by atomic mass is 10.1. The van der Waals surface area contributed by atoms with E-state index >= 15 is 0 Å². The van der Waals surface area contributed by atoms with Gasteiger partial charge in [0.1, 0.15) is 40.4 Å². The van der Waals surface area contributed by atoms with Crippen molar-refractivity contribution in [1.29, 1.82) is 0 Å². The minimum Gasteiger partial charge on any atom is -0.441 e. The molecule has 0 amide bonds. The SMILES string of the molecule is CC(C)c1nnc2ccc(-c3ocnc3-c3cc(F)ccc3F)nn12.CC(C)c1nnc2ccc(C=O)nn12.[C-]#[N+]C(c1cc(F)ccc1F)S(=O)(=O)c1ccc(C)cc1. The molecule has 3 aromatic carbocycles. The summed E-state index contributed by atoms with van der Waals surface area (Å²) in [6.45, 7) is 16.8. The van der Waals surface area contributed by atoms with Gasteiger partial charge in [-0.25, -0.2) is 37.5 Å². The van der Waals surface area contributed by atoms with Crippen molar-refractivity contribution in [3.8, 4) is 22.7 Å². The van der Waals surface area contributed by atoms with E-state index in [1.54, 1.807) is 52.4 Å². The van der Waals surface area contributed by atoms with Crippen molar-refractivity contribution in [3.63, 3.8) is 0 Å². The van der Waals surface area contributed by atoms with Crippen molar-refractivity contribution < 1.29 is 35.2 Å². The van der Waals surface area contributed by atoms with E-state index in [1.807, 2.05) is 27.7 Å². The third kappa shape index (κ3) is 8.93. The molecule has 0 radical (unpaired) electrons. The van der Waals surface area contributed by atoms with Gasteiger partial charge in [0.05, 0.1) is 10.5 Å². The van der Waals surface area contributed by atoms with Crippen molar-refractivity contribution in [2.24, 2.45) is 0 Å². The minimum absolute atomic E-state index is 0.0125. The molecule has 19 heteroatoms. The fourth-order valence-electron chi connectivity index (χ4n) is 5.69. The Bertz CT molecular complexity index is 2980. The van der Waals surface area contributed by atoms with Gasteiger partial charge in [-0.1, -0.05) is 45.4 Å². The number of aryl methyl sites for hydroxylation is 1. The van der Waals surface area contributed by atoms with Gasteiger partial charge in [0.2, 0.25) is 0 Å². The average Bonchev–Trinajstić information content (AvgIpc) is 3.99. The molecular weight excluding hydrogens is 805 g/mol. The van der Waals surface area contributed by atoms with Gasteiger partial charge in [-0.2, -0.15) is 19.2 Å². The Balaban J connectivity index is 0.000000157. The highest BCUT2D eigenvalue weighted by Gasteiger charge is 2.37. The maximum Gasteiger partial charge on any atom is 0.353 e. The van der Waals surface area contributed by atoms with Crippen molar-refractivity contribution in [2.45, 2.75) is 56.7 Å². The molecule has 0 saturated heterocycles. The number of sulfone groups is 1. The highest BCUT2D eigenvalue weighted by molar-refractivity contribution is 7.91. The van der Waals surface area contributed by atoms with Gasteiger partial charge in [-0.15, -0.1) is 20.4 Å². The number of hydrogen-bond acceptors (Lipinski definition) is 11. The largest absolute Gasteiger partial charge is 0.441 e. The summed E-state index contributed by atoms with van der Waals surface area (Å²) in [5, 5.41) is 22.9. The first-order valence-corrected chi connectivity index (χ1v) is 19.6. The van der Waals surface area contributed by atoms with E-state index in [1.165, 1.54) is 18.5 Å². The highest BCUT2D eigenvalue weighted by Crippen LogP contribution is 2.34. The second-order valence-corrected chi connectivity index (χ2v) is 15.7. The van der Waals surface area contributed by atoms with Crippen LogP contribution >= 0.6 is 0 Å². The van der Waals surface area contributed by atoms with Crippen molar-refractivity contribution in [2.75, 3.05) is 0 Å². The van der Waals surface area contributed by atoms with E-state index in [0.29, 0.717) is 34.8 Å². The number of fused-ring (bicyclic) bond motifs is 2. The molecular formula is C41H34F4N10O4S. The summed E-state index contributed by atoms with van der Waals surface area (Å²) in [4.78, 5) is 17.5. The van der Waals surface area contributed by atoms with E-state index < -0.39 is 44.0 Å². The molecule has 0 aliphatic heterocycles. The zero-order valence-electron chi connectivity index (χ0n) is 32.5. The number of rotatable bonds is 8. The van der Waals surface area contributed by atoms with E-state index in [4.69, 9.17) is 11.0 Å². The number of hydrogen-bond donors (Lipinski definition) is 0. The molecule has 8 rings (SSSR count). The maximum absolute atomic E-state index is 14.1. The van der Waals surface area contributed by atoms with Gasteiger partial charge in [0.25, 0.3) is 9.84 Å². The summed E-state index contributed by atoms with van der Waals surface area (Å²) < 4.78 is 88.1. The standard InChI is InChI=1S/C17H13F2N5O.C15H11F2NO2S.C9H10N4O/c1-9(2)17-22-21-14-6-5-13(23-24(14)17)16-15(20-8-25-16)11-7-10(18)3-4-12(11)19;1-10-3-6-12(7-4-10)21(19,20)15(18-2)13-9-11(16)5-8-14(13)17;1-6(2)9-11-10-8-4-3-7(5-14)12-13(8)9/h3-9H,1-2H3;3-9,15H,1H3;3-6H,1-2H3. The lowest BCUT2D eigenvalue weighted by Gasteiger charge is -2.09. The van der Waals surface area contributed by atoms with Crippen LogP contribution in [0.15, 0.2) is 101 Å². The van der Waals surface area contributed by atoms with Gasteiger partial charge in [0, 0.05) is 17.4 Å². The predicted octanol–water partition coefficient (Wildman–Crippen LogP) is 8.57. The van der Waals surface area contributed by atoms with Crippen molar-refractivity contribution in [3.05, 3.63) is 154 Å². The minimum atomic E-state index is -4.12. The number of carbonyl (C=O) groups is 1. The molecule has 0 bridgehead atoms. The quantitative estimate of drug-likeness (QED) is 0.0817. The molecule has 306 valence electrons. The molecule has 5 aromatic heterocycles. The Morgan fingerprint density at radius 2 is 1.32 bits per heavy atom. The molecule has 0 N–H and O–H groups in total. The molecule has 1 atom stereocenters. The number of aromatic nitrogens is 9. The summed E-state index contributed by atoms with van der Waals surface area (Å²) in [6, 6.07) is 18.2. The third-order valence-electron chi connectivity index (χ3n) is 8.72. The van der Waals surface area contributed by atoms with E-state index in [0.717, 1.165) is 47.8 Å². The van der Waals surface area contributed by atoms with Crippen molar-refractivity contribution >= 4 is 27.4 Å². The van der Waals surface area contributed by atoms with Crippen LogP contribution in [0.5, 0.6) is 0 Å². The monoisotopic (exact) mass is 838 g/mol. The zero-order chi connectivity index (χ0) is 43.3. The van der Waals surface area contributed by atoms with Crippen LogP contribution in [0.3, 0.4) is 0 Å². The van der Waals surface area contributed by atoms with Gasteiger partial charge in [-0.3, -0.25) is 9.64 Å². The molecule has 5 heterocycles. The fraction of sp³-hybridized carbons (Fsp3) is 0.195. The molecule has 0 fully saturated rings.